The topological polar surface area (TPSA) is 54.5 Å². The molecule has 1 aromatic heterocycles. The molecule has 0 spiro atoms. The van der Waals surface area contributed by atoms with Gasteiger partial charge < -0.3 is 15.0 Å². The molecule has 0 radical (unpaired) electrons. The molecule has 1 heterocycles. The number of nitrogens with zero attached hydrogens (tertiary/aromatic N) is 2. The molecule has 120 valence electrons. The number of rotatable bonds is 6. The van der Waals surface area contributed by atoms with Gasteiger partial charge in [0.2, 0.25) is 0 Å². The van der Waals surface area contributed by atoms with Crippen LogP contribution in [0.2, 0.25) is 0 Å². The summed E-state index contributed by atoms with van der Waals surface area (Å²) in [6, 6.07) is 13.5. The number of hydrogen-bond donors (Lipinski definition) is 1. The second-order valence-electron chi connectivity index (χ2n) is 5.19. The Morgan fingerprint density at radius 2 is 2.00 bits per heavy atom. The predicted octanol–water partition coefficient (Wildman–Crippen LogP) is 3.09. The molecule has 0 unspecified atom stereocenters. The van der Waals surface area contributed by atoms with Gasteiger partial charge in [-0.15, -0.1) is 0 Å². The van der Waals surface area contributed by atoms with Gasteiger partial charge in [-0.05, 0) is 23.3 Å². The maximum absolute atomic E-state index is 11.6. The molecule has 0 aliphatic heterocycles. The molecule has 0 atom stereocenters. The van der Waals surface area contributed by atoms with Crippen LogP contribution in [-0.2, 0) is 11.3 Å². The summed E-state index contributed by atoms with van der Waals surface area (Å²) in [5, 5.41) is 2.68. The molecule has 0 aliphatic carbocycles. The average molecular weight is 311 g/mol. The summed E-state index contributed by atoms with van der Waals surface area (Å²) in [7, 11) is 3.89. The Hall–Kier alpha value is -2.82. The number of amides is 1. The normalized spacial score (nSPS) is 10.5. The van der Waals surface area contributed by atoms with Crippen molar-refractivity contribution in [2.75, 3.05) is 25.5 Å². The van der Waals surface area contributed by atoms with Gasteiger partial charge in [0.25, 0.3) is 0 Å². The van der Waals surface area contributed by atoms with E-state index in [2.05, 4.69) is 10.3 Å². The summed E-state index contributed by atoms with van der Waals surface area (Å²) in [4.78, 5) is 17.8. The highest BCUT2D eigenvalue weighted by atomic mass is 16.5. The molecule has 0 aliphatic rings. The van der Waals surface area contributed by atoms with E-state index in [-0.39, 0.29) is 6.61 Å². The van der Waals surface area contributed by atoms with Crippen LogP contribution >= 0.6 is 0 Å². The highest BCUT2D eigenvalue weighted by Gasteiger charge is 2.00. The van der Waals surface area contributed by atoms with Gasteiger partial charge in [-0.1, -0.05) is 42.5 Å². The van der Waals surface area contributed by atoms with Crippen LogP contribution in [0.3, 0.4) is 0 Å². The van der Waals surface area contributed by atoms with Crippen molar-refractivity contribution in [2.45, 2.75) is 6.61 Å². The first kappa shape index (κ1) is 16.5. The lowest BCUT2D eigenvalue weighted by Crippen LogP contribution is -2.24. The van der Waals surface area contributed by atoms with Crippen molar-refractivity contribution >= 4 is 18.0 Å². The van der Waals surface area contributed by atoms with E-state index in [1.807, 2.05) is 73.6 Å². The number of carbonyl (C=O) groups is 1. The lowest BCUT2D eigenvalue weighted by atomic mass is 10.2. The molecule has 0 saturated carbocycles. The van der Waals surface area contributed by atoms with Gasteiger partial charge in [0.05, 0.1) is 0 Å². The zero-order valence-corrected chi connectivity index (χ0v) is 13.4. The van der Waals surface area contributed by atoms with Crippen LogP contribution < -0.4 is 10.2 Å². The second kappa shape index (κ2) is 8.58. The Labute approximate surface area is 136 Å². The van der Waals surface area contributed by atoms with E-state index in [0.717, 1.165) is 16.9 Å². The van der Waals surface area contributed by atoms with E-state index in [0.29, 0.717) is 6.54 Å². The third-order valence-corrected chi connectivity index (χ3v) is 3.12. The minimum atomic E-state index is -0.431. The van der Waals surface area contributed by atoms with Crippen LogP contribution in [0.5, 0.6) is 0 Å². The Balaban J connectivity index is 1.70. The third-order valence-electron chi connectivity index (χ3n) is 3.12. The van der Waals surface area contributed by atoms with Crippen molar-refractivity contribution in [1.29, 1.82) is 0 Å². The van der Waals surface area contributed by atoms with Crippen molar-refractivity contribution in [3.05, 3.63) is 65.9 Å². The number of anilines is 1. The Morgan fingerprint density at radius 1 is 1.22 bits per heavy atom. The summed E-state index contributed by atoms with van der Waals surface area (Å²) in [6.07, 6.45) is 5.12. The molecule has 1 aromatic carbocycles. The maximum atomic E-state index is 11.6. The first-order valence-corrected chi connectivity index (χ1v) is 7.39. The molecular weight excluding hydrogens is 290 g/mol. The molecule has 1 amide bonds. The van der Waals surface area contributed by atoms with Crippen LogP contribution in [-0.4, -0.2) is 31.7 Å². The predicted molar refractivity (Wildman–Crippen MR) is 92.2 cm³/mol. The van der Waals surface area contributed by atoms with Crippen molar-refractivity contribution in [1.82, 2.24) is 10.3 Å². The fourth-order valence-electron chi connectivity index (χ4n) is 1.87. The highest BCUT2D eigenvalue weighted by molar-refractivity contribution is 5.67. The van der Waals surface area contributed by atoms with Gasteiger partial charge in [-0.2, -0.15) is 0 Å². The van der Waals surface area contributed by atoms with Gasteiger partial charge in [-0.3, -0.25) is 0 Å². The number of ether oxygens (including phenoxy) is 1. The van der Waals surface area contributed by atoms with E-state index in [4.69, 9.17) is 4.74 Å². The van der Waals surface area contributed by atoms with Gasteiger partial charge in [0, 0.05) is 26.8 Å². The summed E-state index contributed by atoms with van der Waals surface area (Å²) >= 11 is 0. The standard InChI is InChI=1S/C18H21N3O2/c1-21(2)17-11-10-15(13-20-17)9-6-12-19-18(22)23-14-16-7-4-3-5-8-16/h3-11,13H,12,14H2,1-2H3,(H,19,22). The molecule has 2 aromatic rings. The fraction of sp³-hybridized carbons (Fsp3) is 0.222. The highest BCUT2D eigenvalue weighted by Crippen LogP contribution is 2.08. The molecule has 5 nitrogen and oxygen atoms in total. The van der Waals surface area contributed by atoms with Crippen molar-refractivity contribution in [3.63, 3.8) is 0 Å². The molecule has 2 rings (SSSR count). The van der Waals surface area contributed by atoms with Crippen LogP contribution in [0.15, 0.2) is 54.7 Å². The molecular formula is C18H21N3O2. The third kappa shape index (κ3) is 5.82. The summed E-state index contributed by atoms with van der Waals surface area (Å²) < 4.78 is 5.12. The first-order chi connectivity index (χ1) is 11.1. The SMILES string of the molecule is CN(C)c1ccc(C=CCNC(=O)OCc2ccccc2)cn1. The minimum Gasteiger partial charge on any atom is -0.445 e. The lowest BCUT2D eigenvalue weighted by Gasteiger charge is -2.10. The largest absolute Gasteiger partial charge is 0.445 e. The molecule has 0 bridgehead atoms. The lowest BCUT2D eigenvalue weighted by molar-refractivity contribution is 0.141. The van der Waals surface area contributed by atoms with Gasteiger partial charge >= 0.3 is 6.09 Å². The summed E-state index contributed by atoms with van der Waals surface area (Å²) in [5.41, 5.74) is 1.94. The number of benzene rings is 1. The Morgan fingerprint density at radius 3 is 2.65 bits per heavy atom. The van der Waals surface area contributed by atoms with Gasteiger partial charge in [-0.25, -0.2) is 9.78 Å². The summed E-state index contributed by atoms with van der Waals surface area (Å²) in [6.45, 7) is 0.676. The smallest absolute Gasteiger partial charge is 0.407 e. The second-order valence-corrected chi connectivity index (χ2v) is 5.19. The Bertz CT molecular complexity index is 637. The number of aromatic nitrogens is 1. The van der Waals surface area contributed by atoms with Crippen LogP contribution in [0.4, 0.5) is 10.6 Å². The number of alkyl carbamates (subject to hydrolysis) is 1. The van der Waals surface area contributed by atoms with Gasteiger partial charge in [0.1, 0.15) is 12.4 Å². The monoisotopic (exact) mass is 311 g/mol. The number of hydrogen-bond acceptors (Lipinski definition) is 4. The Kier molecular flexibility index (Phi) is 6.17. The molecule has 0 saturated heterocycles. The van der Waals surface area contributed by atoms with Crippen LogP contribution in [0.25, 0.3) is 6.08 Å². The molecule has 1 N–H and O–H groups in total. The van der Waals surface area contributed by atoms with E-state index < -0.39 is 6.09 Å². The van der Waals surface area contributed by atoms with Crippen molar-refractivity contribution < 1.29 is 9.53 Å². The van der Waals surface area contributed by atoms with E-state index in [1.54, 1.807) is 6.20 Å². The van der Waals surface area contributed by atoms with Crippen LogP contribution in [0, 0.1) is 0 Å². The molecule has 5 heteroatoms. The van der Waals surface area contributed by atoms with E-state index in [9.17, 15) is 4.79 Å². The molecule has 23 heavy (non-hydrogen) atoms. The van der Waals surface area contributed by atoms with E-state index >= 15 is 0 Å². The number of carbonyl (C=O) groups excluding carboxylic acids is 1. The van der Waals surface area contributed by atoms with Crippen LogP contribution in [0.1, 0.15) is 11.1 Å². The van der Waals surface area contributed by atoms with E-state index in [1.165, 1.54) is 0 Å². The minimum absolute atomic E-state index is 0.270. The summed E-state index contributed by atoms with van der Waals surface area (Å²) in [5.74, 6) is 0.907. The molecule has 0 fully saturated rings. The number of nitrogens with one attached hydrogen (secondary N) is 1. The quantitative estimate of drug-likeness (QED) is 0.890. The van der Waals surface area contributed by atoms with Crippen molar-refractivity contribution in [2.24, 2.45) is 0 Å². The maximum Gasteiger partial charge on any atom is 0.407 e. The van der Waals surface area contributed by atoms with Crippen molar-refractivity contribution in [3.8, 4) is 0 Å². The average Bonchev–Trinajstić information content (AvgIpc) is 2.58. The zero-order chi connectivity index (χ0) is 16.5. The van der Waals surface area contributed by atoms with Gasteiger partial charge in [0.15, 0.2) is 0 Å². The number of pyridine rings is 1. The zero-order valence-electron chi connectivity index (χ0n) is 13.4. The first-order valence-electron chi connectivity index (χ1n) is 7.39. The fourth-order valence-corrected chi connectivity index (χ4v) is 1.87.